The van der Waals surface area contributed by atoms with Crippen molar-refractivity contribution in [3.63, 3.8) is 0 Å². The molecule has 6 nitrogen and oxygen atoms in total. The van der Waals surface area contributed by atoms with Gasteiger partial charge in [0, 0.05) is 23.9 Å². The van der Waals surface area contributed by atoms with Crippen LogP contribution in [-0.2, 0) is 6.54 Å². The smallest absolute Gasteiger partial charge is 0.267 e. The number of hydrogen-bond acceptors (Lipinski definition) is 5. The van der Waals surface area contributed by atoms with Gasteiger partial charge in [-0.1, -0.05) is 0 Å². The molecule has 0 N–H and O–H groups in total. The number of halogens is 2. The minimum absolute atomic E-state index is 0.0359. The van der Waals surface area contributed by atoms with Gasteiger partial charge < -0.3 is 4.42 Å². The molecule has 0 atom stereocenters. The first-order valence-corrected chi connectivity index (χ1v) is 7.34. The van der Waals surface area contributed by atoms with E-state index in [0.29, 0.717) is 11.2 Å². The van der Waals surface area contributed by atoms with Crippen molar-refractivity contribution in [3.05, 3.63) is 76.5 Å². The van der Waals surface area contributed by atoms with Gasteiger partial charge in [0.1, 0.15) is 18.2 Å². The summed E-state index contributed by atoms with van der Waals surface area (Å²) < 4.78 is 33.6. The molecule has 3 aromatic heterocycles. The van der Waals surface area contributed by atoms with Crippen molar-refractivity contribution in [1.29, 1.82) is 0 Å². The van der Waals surface area contributed by atoms with Gasteiger partial charge in [0.25, 0.3) is 5.56 Å². The van der Waals surface area contributed by atoms with Gasteiger partial charge >= 0.3 is 0 Å². The molecule has 0 aliphatic rings. The van der Waals surface area contributed by atoms with Gasteiger partial charge in [0.05, 0.1) is 5.69 Å². The van der Waals surface area contributed by atoms with E-state index in [1.54, 1.807) is 18.3 Å². The third kappa shape index (κ3) is 2.89. The van der Waals surface area contributed by atoms with Crippen LogP contribution in [0.5, 0.6) is 0 Å². The van der Waals surface area contributed by atoms with Crippen LogP contribution in [-0.4, -0.2) is 19.7 Å². The minimum atomic E-state index is -0.760. The summed E-state index contributed by atoms with van der Waals surface area (Å²) in [6, 6.07) is 9.21. The third-order valence-corrected chi connectivity index (χ3v) is 3.57. The van der Waals surface area contributed by atoms with Crippen molar-refractivity contribution in [2.45, 2.75) is 6.54 Å². The van der Waals surface area contributed by atoms with E-state index in [1.165, 1.54) is 18.2 Å². The molecule has 124 valence electrons. The highest BCUT2D eigenvalue weighted by Crippen LogP contribution is 2.20. The molecule has 0 aliphatic heterocycles. The van der Waals surface area contributed by atoms with E-state index in [0.717, 1.165) is 16.8 Å². The molecule has 0 spiro atoms. The van der Waals surface area contributed by atoms with Crippen LogP contribution in [0.2, 0.25) is 0 Å². The highest BCUT2D eigenvalue weighted by Gasteiger charge is 2.12. The van der Waals surface area contributed by atoms with E-state index in [9.17, 15) is 13.6 Å². The number of hydrogen-bond donors (Lipinski definition) is 0. The van der Waals surface area contributed by atoms with E-state index >= 15 is 0 Å². The van der Waals surface area contributed by atoms with Gasteiger partial charge in [0.2, 0.25) is 5.89 Å². The van der Waals surface area contributed by atoms with Crippen LogP contribution in [0.1, 0.15) is 5.89 Å². The highest BCUT2D eigenvalue weighted by atomic mass is 19.1. The Bertz CT molecular complexity index is 1100. The second-order valence-electron chi connectivity index (χ2n) is 5.27. The molecule has 0 aliphatic carbocycles. The summed E-state index contributed by atoms with van der Waals surface area (Å²) in [5, 5.41) is 4.12. The maximum absolute atomic E-state index is 13.9. The maximum atomic E-state index is 13.9. The lowest BCUT2D eigenvalue weighted by atomic mass is 10.1. The van der Waals surface area contributed by atoms with Crippen LogP contribution < -0.4 is 5.56 Å². The van der Waals surface area contributed by atoms with Crippen molar-refractivity contribution in [2.24, 2.45) is 0 Å². The van der Waals surface area contributed by atoms with Crippen LogP contribution >= 0.6 is 0 Å². The third-order valence-electron chi connectivity index (χ3n) is 3.57. The predicted octanol–water partition coefficient (Wildman–Crippen LogP) is 2.77. The topological polar surface area (TPSA) is 73.8 Å². The van der Waals surface area contributed by atoms with E-state index in [-0.39, 0.29) is 23.7 Å². The molecule has 1 aromatic carbocycles. The Labute approximate surface area is 139 Å². The van der Waals surface area contributed by atoms with Crippen molar-refractivity contribution < 1.29 is 13.2 Å². The van der Waals surface area contributed by atoms with Crippen LogP contribution in [0.15, 0.2) is 57.9 Å². The fourth-order valence-electron chi connectivity index (χ4n) is 2.41. The fourth-order valence-corrected chi connectivity index (χ4v) is 2.41. The molecule has 0 unspecified atom stereocenters. The lowest BCUT2D eigenvalue weighted by Crippen LogP contribution is -2.23. The monoisotopic (exact) mass is 340 g/mol. The zero-order valence-electron chi connectivity index (χ0n) is 12.7. The summed E-state index contributed by atoms with van der Waals surface area (Å²) in [5.41, 5.74) is 0.805. The number of fused-ring (bicyclic) bond motifs is 1. The number of benzene rings is 1. The van der Waals surface area contributed by atoms with E-state index in [4.69, 9.17) is 4.42 Å². The van der Waals surface area contributed by atoms with Gasteiger partial charge in [-0.15, -0.1) is 0 Å². The number of rotatable bonds is 3. The molecule has 4 rings (SSSR count). The zero-order valence-corrected chi connectivity index (χ0v) is 12.7. The normalized spacial score (nSPS) is 11.1. The SMILES string of the molecule is O=c1ccc(-c2ccc(F)cc2F)nn1Cc1nc2ncccc2o1. The standard InChI is InChI=1S/C17H10F2N4O2/c18-10-3-4-11(12(19)8-10)13-5-6-16(24)23(22-13)9-15-21-17-14(25-15)2-1-7-20-17/h1-8H,9H2. The van der Waals surface area contributed by atoms with Crippen LogP contribution in [0, 0.1) is 11.6 Å². The van der Waals surface area contributed by atoms with Gasteiger partial charge in [-0.3, -0.25) is 4.79 Å². The summed E-state index contributed by atoms with van der Waals surface area (Å²) in [6.45, 7) is -0.0359. The summed E-state index contributed by atoms with van der Waals surface area (Å²) in [6.07, 6.45) is 1.58. The second kappa shape index (κ2) is 5.90. The molecule has 8 heteroatoms. The Kier molecular flexibility index (Phi) is 3.57. The molecule has 4 aromatic rings. The van der Waals surface area contributed by atoms with E-state index in [2.05, 4.69) is 15.1 Å². The number of pyridine rings is 1. The van der Waals surface area contributed by atoms with Crippen molar-refractivity contribution >= 4 is 11.2 Å². The van der Waals surface area contributed by atoms with Crippen molar-refractivity contribution in [3.8, 4) is 11.3 Å². The largest absolute Gasteiger partial charge is 0.437 e. The first-order valence-electron chi connectivity index (χ1n) is 7.34. The van der Waals surface area contributed by atoms with Crippen molar-refractivity contribution in [1.82, 2.24) is 19.7 Å². The van der Waals surface area contributed by atoms with Crippen LogP contribution in [0.4, 0.5) is 8.78 Å². The quantitative estimate of drug-likeness (QED) is 0.573. The second-order valence-corrected chi connectivity index (χ2v) is 5.27. The van der Waals surface area contributed by atoms with Crippen LogP contribution in [0.3, 0.4) is 0 Å². The Morgan fingerprint density at radius 1 is 1.12 bits per heavy atom. The maximum Gasteiger partial charge on any atom is 0.267 e. The van der Waals surface area contributed by atoms with E-state index < -0.39 is 17.2 Å². The van der Waals surface area contributed by atoms with Crippen molar-refractivity contribution in [2.75, 3.05) is 0 Å². The molecule has 25 heavy (non-hydrogen) atoms. The number of nitrogens with zero attached hydrogens (tertiary/aromatic N) is 4. The van der Waals surface area contributed by atoms with Gasteiger partial charge in [-0.2, -0.15) is 10.1 Å². The fraction of sp³-hybridized carbons (Fsp3) is 0.0588. The first kappa shape index (κ1) is 15.1. The molecule has 0 bridgehead atoms. The van der Waals surface area contributed by atoms with Gasteiger partial charge in [-0.05, 0) is 30.3 Å². The first-order chi connectivity index (χ1) is 12.1. The summed E-state index contributed by atoms with van der Waals surface area (Å²) in [4.78, 5) is 20.3. The van der Waals surface area contributed by atoms with E-state index in [1.807, 2.05) is 0 Å². The number of aromatic nitrogens is 4. The lowest BCUT2D eigenvalue weighted by Gasteiger charge is -2.06. The molecule has 3 heterocycles. The average Bonchev–Trinajstić information content (AvgIpc) is 2.99. The summed E-state index contributed by atoms with van der Waals surface area (Å²) in [5.74, 6) is -1.20. The summed E-state index contributed by atoms with van der Waals surface area (Å²) >= 11 is 0. The lowest BCUT2D eigenvalue weighted by molar-refractivity contribution is 0.482. The molecule has 0 saturated carbocycles. The molecule has 0 saturated heterocycles. The molecule has 0 radical (unpaired) electrons. The Morgan fingerprint density at radius 2 is 2.00 bits per heavy atom. The Hall–Kier alpha value is -3.42. The Morgan fingerprint density at radius 3 is 2.80 bits per heavy atom. The number of oxazole rings is 1. The molecular weight excluding hydrogens is 330 g/mol. The molecule has 0 amide bonds. The molecular formula is C17H10F2N4O2. The predicted molar refractivity (Wildman–Crippen MR) is 84.8 cm³/mol. The molecule has 0 fully saturated rings. The van der Waals surface area contributed by atoms with Gasteiger partial charge in [0.15, 0.2) is 11.2 Å². The minimum Gasteiger partial charge on any atom is -0.437 e. The zero-order chi connectivity index (χ0) is 17.4. The Balaban J connectivity index is 1.73. The summed E-state index contributed by atoms with van der Waals surface area (Å²) in [7, 11) is 0. The highest BCUT2D eigenvalue weighted by molar-refractivity contribution is 5.66. The van der Waals surface area contributed by atoms with Crippen LogP contribution in [0.25, 0.3) is 22.5 Å². The van der Waals surface area contributed by atoms with Gasteiger partial charge in [-0.25, -0.2) is 18.4 Å². The average molecular weight is 340 g/mol.